The van der Waals surface area contributed by atoms with Crippen LogP contribution in [0.5, 0.6) is 11.5 Å². The van der Waals surface area contributed by atoms with Crippen LogP contribution in [0, 0.1) is 0 Å². The molecule has 0 aromatic heterocycles. The number of phenolic OH excluding ortho intramolecular Hbond substituents is 2. The maximum Gasteiger partial charge on any atom is 0.123 e. The molecule has 128 valence electrons. The molecule has 0 spiro atoms. The van der Waals surface area contributed by atoms with E-state index in [9.17, 15) is 15.3 Å². The minimum atomic E-state index is -1.09. The molecule has 0 fully saturated rings. The third kappa shape index (κ3) is 3.76. The molecular formula is C19H22O5. The summed E-state index contributed by atoms with van der Waals surface area (Å²) in [5.41, 5.74) is 2.42. The van der Waals surface area contributed by atoms with E-state index in [0.29, 0.717) is 23.1 Å². The summed E-state index contributed by atoms with van der Waals surface area (Å²) in [6.07, 6.45) is 0.559. The van der Waals surface area contributed by atoms with Crippen molar-refractivity contribution in [3.63, 3.8) is 0 Å². The van der Waals surface area contributed by atoms with Gasteiger partial charge in [-0.25, -0.2) is 0 Å². The van der Waals surface area contributed by atoms with Crippen LogP contribution in [0.25, 0.3) is 11.1 Å². The van der Waals surface area contributed by atoms with Crippen molar-refractivity contribution in [3.05, 3.63) is 60.2 Å². The summed E-state index contributed by atoms with van der Waals surface area (Å²) in [6, 6.07) is 9.84. The molecule has 2 aromatic carbocycles. The number of hydrogen-bond acceptors (Lipinski definition) is 5. The summed E-state index contributed by atoms with van der Waals surface area (Å²) in [5.74, 6) is 0.0325. The van der Waals surface area contributed by atoms with Gasteiger partial charge in [0.05, 0.1) is 6.61 Å². The van der Waals surface area contributed by atoms with Gasteiger partial charge in [0.25, 0.3) is 0 Å². The third-order valence-corrected chi connectivity index (χ3v) is 3.87. The van der Waals surface area contributed by atoms with Gasteiger partial charge in [-0.05, 0) is 41.8 Å². The van der Waals surface area contributed by atoms with Crippen LogP contribution in [0.4, 0.5) is 0 Å². The molecule has 0 aliphatic carbocycles. The number of ether oxygens (including phenoxy) is 1. The van der Waals surface area contributed by atoms with Crippen molar-refractivity contribution in [2.24, 2.45) is 0 Å². The number of rotatable bonds is 7. The lowest BCUT2D eigenvalue weighted by Gasteiger charge is -2.21. The first-order valence-electron chi connectivity index (χ1n) is 7.59. The SMILES string of the molecule is C=CCc1ccc(O)c(-c2cc(C(OC)C(O)CO)ccc2O)c1. The number of benzene rings is 2. The van der Waals surface area contributed by atoms with Gasteiger partial charge in [0.15, 0.2) is 0 Å². The van der Waals surface area contributed by atoms with E-state index in [1.165, 1.54) is 13.2 Å². The Labute approximate surface area is 141 Å². The highest BCUT2D eigenvalue weighted by Gasteiger charge is 2.22. The Morgan fingerprint density at radius 3 is 2.29 bits per heavy atom. The number of hydrogen-bond donors (Lipinski definition) is 4. The van der Waals surface area contributed by atoms with Crippen molar-refractivity contribution in [3.8, 4) is 22.6 Å². The summed E-state index contributed by atoms with van der Waals surface area (Å²) >= 11 is 0. The van der Waals surface area contributed by atoms with Crippen LogP contribution < -0.4 is 0 Å². The zero-order valence-electron chi connectivity index (χ0n) is 13.5. The highest BCUT2D eigenvalue weighted by Crippen LogP contribution is 2.38. The lowest BCUT2D eigenvalue weighted by molar-refractivity contribution is -0.0392. The lowest BCUT2D eigenvalue weighted by Crippen LogP contribution is -2.23. The Hall–Kier alpha value is -2.34. The molecule has 5 nitrogen and oxygen atoms in total. The third-order valence-electron chi connectivity index (χ3n) is 3.87. The van der Waals surface area contributed by atoms with E-state index in [2.05, 4.69) is 6.58 Å². The maximum atomic E-state index is 10.2. The Balaban J connectivity index is 2.53. The van der Waals surface area contributed by atoms with E-state index < -0.39 is 18.8 Å². The molecule has 2 unspecified atom stereocenters. The highest BCUT2D eigenvalue weighted by molar-refractivity contribution is 5.76. The van der Waals surface area contributed by atoms with Gasteiger partial charge in [-0.3, -0.25) is 0 Å². The van der Waals surface area contributed by atoms with E-state index in [-0.39, 0.29) is 11.5 Å². The molecule has 5 heteroatoms. The van der Waals surface area contributed by atoms with Crippen molar-refractivity contribution in [2.75, 3.05) is 13.7 Å². The Kier molecular flexibility index (Phi) is 5.98. The number of allylic oxidation sites excluding steroid dienone is 1. The summed E-state index contributed by atoms with van der Waals surface area (Å²) in [7, 11) is 1.43. The number of aromatic hydroxyl groups is 2. The van der Waals surface area contributed by atoms with Crippen molar-refractivity contribution in [1.82, 2.24) is 0 Å². The van der Waals surface area contributed by atoms with Crippen LogP contribution in [0.15, 0.2) is 49.1 Å². The van der Waals surface area contributed by atoms with Gasteiger partial charge in [-0.15, -0.1) is 6.58 Å². The van der Waals surface area contributed by atoms with Gasteiger partial charge >= 0.3 is 0 Å². The maximum absolute atomic E-state index is 10.2. The summed E-state index contributed by atoms with van der Waals surface area (Å²) < 4.78 is 5.24. The van der Waals surface area contributed by atoms with Crippen LogP contribution in [-0.2, 0) is 11.2 Å². The molecule has 4 N–H and O–H groups in total. The Morgan fingerprint density at radius 1 is 1.08 bits per heavy atom. The second-order valence-corrected chi connectivity index (χ2v) is 5.53. The monoisotopic (exact) mass is 330 g/mol. The van der Waals surface area contributed by atoms with Crippen molar-refractivity contribution >= 4 is 0 Å². The van der Waals surface area contributed by atoms with Crippen molar-refractivity contribution < 1.29 is 25.2 Å². The minimum Gasteiger partial charge on any atom is -0.507 e. The van der Waals surface area contributed by atoms with Crippen LogP contribution >= 0.6 is 0 Å². The second-order valence-electron chi connectivity index (χ2n) is 5.53. The van der Waals surface area contributed by atoms with E-state index in [1.807, 2.05) is 0 Å². The molecule has 2 aromatic rings. The minimum absolute atomic E-state index is 0.00172. The molecule has 0 aliphatic heterocycles. The molecule has 0 aliphatic rings. The average Bonchev–Trinajstić information content (AvgIpc) is 2.58. The van der Waals surface area contributed by atoms with Gasteiger partial charge in [-0.2, -0.15) is 0 Å². The zero-order chi connectivity index (χ0) is 17.7. The lowest BCUT2D eigenvalue weighted by atomic mass is 9.95. The predicted octanol–water partition coefficient (Wildman–Crippen LogP) is 2.53. The van der Waals surface area contributed by atoms with Gasteiger partial charge in [0.2, 0.25) is 0 Å². The van der Waals surface area contributed by atoms with Gasteiger partial charge < -0.3 is 25.2 Å². The normalized spacial score (nSPS) is 13.5. The van der Waals surface area contributed by atoms with Crippen LogP contribution in [-0.4, -0.2) is 40.2 Å². The predicted molar refractivity (Wildman–Crippen MR) is 92.0 cm³/mol. The fourth-order valence-corrected chi connectivity index (χ4v) is 2.65. The first-order valence-corrected chi connectivity index (χ1v) is 7.59. The van der Waals surface area contributed by atoms with E-state index in [0.717, 1.165) is 5.56 Å². The van der Waals surface area contributed by atoms with Crippen LogP contribution in [0.3, 0.4) is 0 Å². The molecule has 0 saturated carbocycles. The number of aliphatic hydroxyl groups is 2. The fraction of sp³-hybridized carbons (Fsp3) is 0.263. The first kappa shape index (κ1) is 18.0. The molecule has 0 bridgehead atoms. The van der Waals surface area contributed by atoms with E-state index in [4.69, 9.17) is 9.84 Å². The summed E-state index contributed by atoms with van der Waals surface area (Å²) in [6.45, 7) is 3.25. The number of aliphatic hydroxyl groups excluding tert-OH is 2. The average molecular weight is 330 g/mol. The molecule has 2 atom stereocenters. The number of methoxy groups -OCH3 is 1. The van der Waals surface area contributed by atoms with E-state index in [1.54, 1.807) is 36.4 Å². The van der Waals surface area contributed by atoms with Gasteiger partial charge in [0.1, 0.15) is 23.7 Å². The molecule has 24 heavy (non-hydrogen) atoms. The smallest absolute Gasteiger partial charge is 0.123 e. The van der Waals surface area contributed by atoms with Crippen molar-refractivity contribution in [1.29, 1.82) is 0 Å². The molecule has 0 heterocycles. The second kappa shape index (κ2) is 7.97. The topological polar surface area (TPSA) is 90.2 Å². The van der Waals surface area contributed by atoms with Crippen LogP contribution in [0.1, 0.15) is 17.2 Å². The molecule has 0 saturated heterocycles. The van der Waals surface area contributed by atoms with Crippen molar-refractivity contribution in [2.45, 2.75) is 18.6 Å². The van der Waals surface area contributed by atoms with Gasteiger partial charge in [0, 0.05) is 18.2 Å². The van der Waals surface area contributed by atoms with E-state index >= 15 is 0 Å². The molecule has 0 amide bonds. The Bertz CT molecular complexity index is 711. The number of phenols is 2. The standard InChI is InChI=1S/C19H22O5/c1-3-4-12-5-7-16(21)14(9-12)15-10-13(6-8-17(15)22)19(24-2)18(23)11-20/h3,5-10,18-23H,1,4,11H2,2H3. The van der Waals surface area contributed by atoms with Gasteiger partial charge in [-0.1, -0.05) is 18.2 Å². The first-order chi connectivity index (χ1) is 11.5. The summed E-state index contributed by atoms with van der Waals surface area (Å²) in [4.78, 5) is 0. The molecule has 2 rings (SSSR count). The molecular weight excluding hydrogens is 308 g/mol. The Morgan fingerprint density at radius 2 is 1.71 bits per heavy atom. The zero-order valence-corrected chi connectivity index (χ0v) is 13.5. The van der Waals surface area contributed by atoms with Crippen LogP contribution in [0.2, 0.25) is 0 Å². The quantitative estimate of drug-likeness (QED) is 0.586. The fourth-order valence-electron chi connectivity index (χ4n) is 2.65. The largest absolute Gasteiger partial charge is 0.507 e. The summed E-state index contributed by atoms with van der Waals surface area (Å²) in [5, 5.41) is 39.4. The molecule has 0 radical (unpaired) electrons. The highest BCUT2D eigenvalue weighted by atomic mass is 16.5.